The van der Waals surface area contributed by atoms with Crippen LogP contribution in [0.3, 0.4) is 0 Å². The van der Waals surface area contributed by atoms with Crippen molar-refractivity contribution < 1.29 is 89.4 Å². The van der Waals surface area contributed by atoms with Gasteiger partial charge in [-0.2, -0.15) is 0 Å². The maximum atomic E-state index is 13.4. The predicted octanol–water partition coefficient (Wildman–Crippen LogP) is 11.2. The number of unbranched alkanes of at least 4 members (excludes halogenated alkanes) is 39. The summed E-state index contributed by atoms with van der Waals surface area (Å²) in [6.07, 6.45) is 40.0. The topological polar surface area (TPSA) is 307 Å². The van der Waals surface area contributed by atoms with Gasteiger partial charge in [0.15, 0.2) is 18.9 Å². The zero-order valence-electron chi connectivity index (χ0n) is 58.0. The minimum absolute atomic E-state index is 0.236. The summed E-state index contributed by atoms with van der Waals surface area (Å²) in [6.45, 7) is 1.74. The molecular formula is C74H137NO18. The number of nitrogens with one attached hydrogen (secondary N) is 1. The van der Waals surface area contributed by atoms with E-state index in [0.29, 0.717) is 12.8 Å². The summed E-state index contributed by atoms with van der Waals surface area (Å²) in [5.41, 5.74) is 0. The van der Waals surface area contributed by atoms with Crippen LogP contribution in [0.15, 0.2) is 36.5 Å². The molecule has 12 N–H and O–H groups in total. The number of rotatable bonds is 59. The molecule has 17 unspecified atom stereocenters. The van der Waals surface area contributed by atoms with Crippen LogP contribution in [0.25, 0.3) is 0 Å². The summed E-state index contributed by atoms with van der Waals surface area (Å²) < 4.78 is 34.4. The van der Waals surface area contributed by atoms with Crippen LogP contribution in [0.4, 0.5) is 0 Å². The lowest BCUT2D eigenvalue weighted by Crippen LogP contribution is -2.66. The normalized spacial score (nSPS) is 27.7. The van der Waals surface area contributed by atoms with Crippen LogP contribution in [-0.2, 0) is 33.2 Å². The first-order valence-corrected chi connectivity index (χ1v) is 37.7. The predicted molar refractivity (Wildman–Crippen MR) is 365 cm³/mol. The van der Waals surface area contributed by atoms with Gasteiger partial charge in [0.1, 0.15) is 73.2 Å². The second-order valence-corrected chi connectivity index (χ2v) is 27.1. The highest BCUT2D eigenvalue weighted by molar-refractivity contribution is 5.76. The van der Waals surface area contributed by atoms with Gasteiger partial charge >= 0.3 is 0 Å². The van der Waals surface area contributed by atoms with Crippen molar-refractivity contribution in [2.45, 2.75) is 401 Å². The molecule has 3 rings (SSSR count). The molecule has 3 fully saturated rings. The third kappa shape index (κ3) is 37.1. The van der Waals surface area contributed by atoms with E-state index in [-0.39, 0.29) is 18.9 Å². The summed E-state index contributed by atoms with van der Waals surface area (Å²) in [5, 5.41) is 121. The van der Waals surface area contributed by atoms with Crippen LogP contribution in [0.1, 0.15) is 296 Å². The van der Waals surface area contributed by atoms with E-state index in [2.05, 4.69) is 43.5 Å². The highest BCUT2D eigenvalue weighted by atomic mass is 16.8. The molecule has 0 radical (unpaired) electrons. The molecule has 0 aliphatic carbocycles. The Bertz CT molecular complexity index is 1830. The largest absolute Gasteiger partial charge is 0.394 e. The zero-order chi connectivity index (χ0) is 67.5. The van der Waals surface area contributed by atoms with Crippen molar-refractivity contribution in [3.05, 3.63) is 36.5 Å². The van der Waals surface area contributed by atoms with Gasteiger partial charge in [-0.05, 0) is 44.9 Å². The molecule has 3 heterocycles. The van der Waals surface area contributed by atoms with E-state index in [0.717, 1.165) is 44.9 Å². The Labute approximate surface area is 561 Å². The molecule has 0 aromatic rings. The Kier molecular flexibility index (Phi) is 51.2. The van der Waals surface area contributed by atoms with E-state index in [1.165, 1.54) is 218 Å². The van der Waals surface area contributed by atoms with Crippen LogP contribution < -0.4 is 5.32 Å². The number of hydrogen-bond acceptors (Lipinski definition) is 18. The molecule has 1 amide bonds. The quantitative estimate of drug-likeness (QED) is 0.0199. The molecule has 3 saturated heterocycles. The van der Waals surface area contributed by atoms with Gasteiger partial charge in [-0.25, -0.2) is 0 Å². The van der Waals surface area contributed by atoms with Crippen molar-refractivity contribution in [2.24, 2.45) is 0 Å². The molecule has 0 aromatic carbocycles. The number of aliphatic hydroxyl groups is 11. The third-order valence-electron chi connectivity index (χ3n) is 18.9. The van der Waals surface area contributed by atoms with E-state index in [9.17, 15) is 61.0 Å². The molecular weight excluding hydrogens is 1190 g/mol. The third-order valence-corrected chi connectivity index (χ3v) is 18.9. The smallest absolute Gasteiger partial charge is 0.220 e. The number of carbonyl (C=O) groups excluding carboxylic acids is 1. The first-order valence-electron chi connectivity index (χ1n) is 37.7. The Morgan fingerprint density at radius 1 is 0.376 bits per heavy atom. The fraction of sp³-hybridized carbons (Fsp3) is 0.905. The average molecular weight is 1330 g/mol. The number of aliphatic hydroxyl groups excluding tert-OH is 11. The second-order valence-electron chi connectivity index (χ2n) is 27.1. The number of carbonyl (C=O) groups is 1. The molecule has 0 saturated carbocycles. The molecule has 93 heavy (non-hydrogen) atoms. The number of amides is 1. The van der Waals surface area contributed by atoms with Crippen LogP contribution in [0.2, 0.25) is 0 Å². The molecule has 546 valence electrons. The van der Waals surface area contributed by atoms with E-state index in [4.69, 9.17) is 28.4 Å². The minimum atomic E-state index is -1.98. The van der Waals surface area contributed by atoms with Crippen molar-refractivity contribution in [1.82, 2.24) is 5.32 Å². The Morgan fingerprint density at radius 3 is 1.08 bits per heavy atom. The van der Waals surface area contributed by atoms with Gasteiger partial charge in [0.2, 0.25) is 5.91 Å². The molecule has 0 aromatic heterocycles. The second kappa shape index (κ2) is 55.8. The highest BCUT2D eigenvalue weighted by Crippen LogP contribution is 2.33. The molecule has 3 aliphatic heterocycles. The molecule has 17 atom stereocenters. The SMILES string of the molecule is CCCCCCCCCCCCCCCCCCCCCCCC/C=C/CC/C=C/CC/C=C/C(O)C(COC1OC(CO)C(OC2OC(CO)C(OC3OC(CO)C(O)C(O)C3O)C(O)C2O)C(O)C1O)NC(=O)CCCCCCCCCCCCCCCCCC. The van der Waals surface area contributed by atoms with Crippen LogP contribution in [0, 0.1) is 0 Å². The Morgan fingerprint density at radius 2 is 0.688 bits per heavy atom. The summed E-state index contributed by atoms with van der Waals surface area (Å²) in [5.74, 6) is -0.286. The van der Waals surface area contributed by atoms with E-state index >= 15 is 0 Å². The highest BCUT2D eigenvalue weighted by Gasteiger charge is 2.53. The minimum Gasteiger partial charge on any atom is -0.394 e. The van der Waals surface area contributed by atoms with E-state index in [1.54, 1.807) is 6.08 Å². The van der Waals surface area contributed by atoms with Gasteiger partial charge < -0.3 is 89.9 Å². The average Bonchev–Trinajstić information content (AvgIpc) is 0.885. The molecule has 19 heteroatoms. The molecule has 0 bridgehead atoms. The van der Waals surface area contributed by atoms with Crippen molar-refractivity contribution in [2.75, 3.05) is 26.4 Å². The van der Waals surface area contributed by atoms with Gasteiger partial charge in [-0.1, -0.05) is 281 Å². The van der Waals surface area contributed by atoms with Crippen molar-refractivity contribution in [3.8, 4) is 0 Å². The van der Waals surface area contributed by atoms with Crippen LogP contribution >= 0.6 is 0 Å². The summed E-state index contributed by atoms with van der Waals surface area (Å²) >= 11 is 0. The Hall–Kier alpha value is -1.99. The van der Waals surface area contributed by atoms with Gasteiger partial charge in [0, 0.05) is 6.42 Å². The maximum absolute atomic E-state index is 13.4. The monoisotopic (exact) mass is 1330 g/mol. The lowest BCUT2D eigenvalue weighted by molar-refractivity contribution is -0.379. The number of hydrogen-bond donors (Lipinski definition) is 12. The van der Waals surface area contributed by atoms with E-state index in [1.807, 2.05) is 6.08 Å². The number of allylic oxidation sites excluding steroid dienone is 5. The molecule has 0 spiro atoms. The standard InChI is InChI=1S/C74H137NO18/c1-3-5-7-9-11-13-15-17-19-21-22-23-24-25-26-27-28-29-30-31-32-33-34-35-36-37-39-41-43-45-47-49-51-58(79)57(75-62(80)52-50-48-46-44-42-40-38-20-18-16-14-12-10-8-6-4-2)56-88-72-68(86)65(83)70(60(54-77)90-72)93-74-69(87)66(84)71(61(55-78)91-74)92-73-67(85)64(82)63(81)59(53-76)89-73/h35-36,41,43,49,51,57-61,63-74,76-79,81-87H,3-34,37-40,42,44-48,50,52-56H2,1-2H3,(H,75,80)/b36-35+,43-41+,51-49+. The van der Waals surface area contributed by atoms with Crippen molar-refractivity contribution in [1.29, 1.82) is 0 Å². The first-order chi connectivity index (χ1) is 45.3. The fourth-order valence-corrected chi connectivity index (χ4v) is 12.8. The summed E-state index contributed by atoms with van der Waals surface area (Å²) in [6, 6.07) is -0.995. The molecule has 3 aliphatic rings. The van der Waals surface area contributed by atoms with Crippen LogP contribution in [-0.4, -0.2) is 193 Å². The van der Waals surface area contributed by atoms with Gasteiger partial charge in [0.05, 0.1) is 38.6 Å². The van der Waals surface area contributed by atoms with Gasteiger partial charge in [-0.15, -0.1) is 0 Å². The van der Waals surface area contributed by atoms with Gasteiger partial charge in [0.25, 0.3) is 0 Å². The maximum Gasteiger partial charge on any atom is 0.220 e. The fourth-order valence-electron chi connectivity index (χ4n) is 12.8. The summed E-state index contributed by atoms with van der Waals surface area (Å²) in [7, 11) is 0. The number of ether oxygens (including phenoxy) is 6. The molecule has 19 nitrogen and oxygen atoms in total. The summed E-state index contributed by atoms with van der Waals surface area (Å²) in [4.78, 5) is 13.4. The van der Waals surface area contributed by atoms with Crippen LogP contribution in [0.5, 0.6) is 0 Å². The van der Waals surface area contributed by atoms with Gasteiger partial charge in [-0.3, -0.25) is 4.79 Å². The van der Waals surface area contributed by atoms with Crippen molar-refractivity contribution >= 4 is 5.91 Å². The van der Waals surface area contributed by atoms with Crippen molar-refractivity contribution in [3.63, 3.8) is 0 Å². The Balaban J connectivity index is 1.40. The lowest BCUT2D eigenvalue weighted by atomic mass is 9.96. The lowest BCUT2D eigenvalue weighted by Gasteiger charge is -2.48. The zero-order valence-corrected chi connectivity index (χ0v) is 58.0. The van der Waals surface area contributed by atoms with E-state index < -0.39 is 124 Å². The first kappa shape index (κ1) is 85.2.